The van der Waals surface area contributed by atoms with E-state index in [1.807, 2.05) is 7.85 Å². The molecule has 0 aliphatic rings. The maximum absolute atomic E-state index is 11.3. The molecular weight excluding hydrogens is 227 g/mol. The minimum atomic E-state index is -3.38. The van der Waals surface area contributed by atoms with Gasteiger partial charge in [0.1, 0.15) is 0 Å². The van der Waals surface area contributed by atoms with Crippen molar-refractivity contribution < 1.29 is 8.42 Å². The van der Waals surface area contributed by atoms with Gasteiger partial charge in [-0.3, -0.25) is 5.10 Å². The third-order valence-electron chi connectivity index (χ3n) is 2.07. The molecule has 0 radical (unpaired) electrons. The molecule has 0 aliphatic carbocycles. The van der Waals surface area contributed by atoms with Gasteiger partial charge in [-0.2, -0.15) is 5.10 Å². The fourth-order valence-corrected chi connectivity index (χ4v) is 1.79. The number of nitrogens with one attached hydrogen (secondary N) is 1. The largest absolute Gasteiger partial charge is 0.292 e. The number of hydrogen-bond donors (Lipinski definition) is 1. The van der Waals surface area contributed by atoms with Crippen LogP contribution in [0, 0.1) is 0 Å². The number of rotatable bonds is 2. The molecule has 6 nitrogen and oxygen atoms in total. The molecule has 16 heavy (non-hydrogen) atoms. The first-order valence-corrected chi connectivity index (χ1v) is 6.41. The first kappa shape index (κ1) is 10.8. The average molecular weight is 236 g/mol. The minimum absolute atomic E-state index is 0.175. The predicted molar refractivity (Wildman–Crippen MR) is 60.9 cm³/mol. The van der Waals surface area contributed by atoms with E-state index < -0.39 is 9.84 Å². The standard InChI is InChI=1S/C8H9BN4O2S/c1-16(14,15)8-10-3-2-6(12-8)5-4-11-13-7(5)9/h2-4H,9H2,1H3,(H,11,13). The van der Waals surface area contributed by atoms with Gasteiger partial charge in [0.05, 0.1) is 11.9 Å². The summed E-state index contributed by atoms with van der Waals surface area (Å²) in [6.07, 6.45) is 4.10. The Morgan fingerprint density at radius 3 is 2.75 bits per heavy atom. The normalized spacial score (nSPS) is 11.6. The highest BCUT2D eigenvalue weighted by Crippen LogP contribution is 2.13. The number of sulfone groups is 1. The van der Waals surface area contributed by atoms with E-state index in [2.05, 4.69) is 20.2 Å². The van der Waals surface area contributed by atoms with Crippen LogP contribution in [0.1, 0.15) is 0 Å². The van der Waals surface area contributed by atoms with Gasteiger partial charge in [-0.15, -0.1) is 0 Å². The molecule has 0 spiro atoms. The first-order chi connectivity index (χ1) is 7.48. The van der Waals surface area contributed by atoms with Crippen molar-refractivity contribution in [2.45, 2.75) is 5.16 Å². The van der Waals surface area contributed by atoms with Crippen molar-refractivity contribution >= 4 is 23.3 Å². The first-order valence-electron chi connectivity index (χ1n) is 4.52. The Labute approximate surface area is 93.5 Å². The highest BCUT2D eigenvalue weighted by atomic mass is 32.2. The molecular formula is C8H9BN4O2S. The number of aromatic amines is 1. The van der Waals surface area contributed by atoms with Crippen LogP contribution in [0.25, 0.3) is 11.3 Å². The summed E-state index contributed by atoms with van der Waals surface area (Å²) in [5.41, 5.74) is 2.15. The van der Waals surface area contributed by atoms with Crippen LogP contribution in [-0.2, 0) is 9.84 Å². The molecule has 0 saturated heterocycles. The van der Waals surface area contributed by atoms with Crippen LogP contribution in [0.3, 0.4) is 0 Å². The maximum Gasteiger partial charge on any atom is 0.247 e. The number of nitrogens with zero attached hydrogens (tertiary/aromatic N) is 3. The molecule has 0 atom stereocenters. The number of hydrogen-bond acceptors (Lipinski definition) is 5. The molecule has 0 fully saturated rings. The Hall–Kier alpha value is -1.70. The van der Waals surface area contributed by atoms with Crippen molar-refractivity contribution in [2.24, 2.45) is 0 Å². The summed E-state index contributed by atoms with van der Waals surface area (Å²) in [7, 11) is -1.54. The Balaban J connectivity index is 2.57. The maximum atomic E-state index is 11.3. The van der Waals surface area contributed by atoms with Crippen molar-refractivity contribution in [3.63, 3.8) is 0 Å². The Morgan fingerprint density at radius 1 is 1.44 bits per heavy atom. The van der Waals surface area contributed by atoms with E-state index in [0.717, 1.165) is 17.4 Å². The molecule has 2 aromatic rings. The van der Waals surface area contributed by atoms with Crippen LogP contribution in [0.2, 0.25) is 0 Å². The summed E-state index contributed by atoms with van der Waals surface area (Å²) in [4.78, 5) is 7.71. The van der Waals surface area contributed by atoms with Crippen molar-refractivity contribution in [1.29, 1.82) is 0 Å². The number of H-pyrrole nitrogens is 1. The van der Waals surface area contributed by atoms with Crippen LogP contribution in [-0.4, -0.2) is 42.7 Å². The predicted octanol–water partition coefficient (Wildman–Crippen LogP) is -1.47. The molecule has 0 unspecified atom stereocenters. The lowest BCUT2D eigenvalue weighted by molar-refractivity contribution is 0.593. The van der Waals surface area contributed by atoms with Crippen molar-refractivity contribution in [3.05, 3.63) is 18.5 Å². The fraction of sp³-hybridized carbons (Fsp3) is 0.125. The van der Waals surface area contributed by atoms with Gasteiger partial charge < -0.3 is 0 Å². The van der Waals surface area contributed by atoms with Gasteiger partial charge >= 0.3 is 0 Å². The van der Waals surface area contributed by atoms with E-state index >= 15 is 0 Å². The van der Waals surface area contributed by atoms with Crippen LogP contribution < -0.4 is 5.59 Å². The van der Waals surface area contributed by atoms with Crippen molar-refractivity contribution in [1.82, 2.24) is 20.2 Å². The molecule has 0 bridgehead atoms. The van der Waals surface area contributed by atoms with E-state index in [-0.39, 0.29) is 5.16 Å². The summed E-state index contributed by atoms with van der Waals surface area (Å²) in [5.74, 6) is 0. The van der Waals surface area contributed by atoms with Gasteiger partial charge in [0.15, 0.2) is 7.85 Å². The summed E-state index contributed by atoms with van der Waals surface area (Å²) in [6.45, 7) is 0. The molecule has 8 heteroatoms. The van der Waals surface area contributed by atoms with E-state index in [1.54, 1.807) is 12.3 Å². The van der Waals surface area contributed by atoms with E-state index in [9.17, 15) is 8.42 Å². The monoisotopic (exact) mass is 236 g/mol. The van der Waals surface area contributed by atoms with E-state index in [4.69, 9.17) is 0 Å². The van der Waals surface area contributed by atoms with Gasteiger partial charge in [-0.1, -0.05) is 0 Å². The van der Waals surface area contributed by atoms with Crippen molar-refractivity contribution in [3.8, 4) is 11.3 Å². The van der Waals surface area contributed by atoms with Gasteiger partial charge in [0.25, 0.3) is 0 Å². The molecule has 0 saturated carbocycles. The zero-order valence-electron chi connectivity index (χ0n) is 8.80. The molecule has 1 N–H and O–H groups in total. The highest BCUT2D eigenvalue weighted by molar-refractivity contribution is 7.90. The van der Waals surface area contributed by atoms with Crippen LogP contribution in [0.5, 0.6) is 0 Å². The third-order valence-corrected chi connectivity index (χ3v) is 2.93. The molecule has 2 heterocycles. The van der Waals surface area contributed by atoms with Gasteiger partial charge in [0.2, 0.25) is 15.0 Å². The second-order valence-electron chi connectivity index (χ2n) is 3.41. The Bertz CT molecular complexity index is 622. The quantitative estimate of drug-likeness (QED) is 0.507. The zero-order chi connectivity index (χ0) is 11.8. The average Bonchev–Trinajstić information content (AvgIpc) is 2.63. The molecule has 82 valence electrons. The van der Waals surface area contributed by atoms with Crippen LogP contribution in [0.15, 0.2) is 23.6 Å². The zero-order valence-corrected chi connectivity index (χ0v) is 9.61. The smallest absolute Gasteiger partial charge is 0.247 e. The Kier molecular flexibility index (Phi) is 2.51. The van der Waals surface area contributed by atoms with E-state index in [0.29, 0.717) is 5.69 Å². The SMILES string of the molecule is Bc1[nH]ncc1-c1ccnc(S(C)(=O)=O)n1. The Morgan fingerprint density at radius 2 is 2.19 bits per heavy atom. The fourth-order valence-electron chi connectivity index (χ4n) is 1.28. The minimum Gasteiger partial charge on any atom is -0.292 e. The van der Waals surface area contributed by atoms with Gasteiger partial charge in [-0.05, 0) is 11.7 Å². The molecule has 0 aliphatic heterocycles. The second kappa shape index (κ2) is 3.71. The summed E-state index contributed by atoms with van der Waals surface area (Å²) < 4.78 is 22.6. The third kappa shape index (κ3) is 1.96. The lowest BCUT2D eigenvalue weighted by atomic mass is 9.98. The topological polar surface area (TPSA) is 88.6 Å². The molecule has 2 rings (SSSR count). The summed E-state index contributed by atoms with van der Waals surface area (Å²) in [5, 5.41) is 6.45. The van der Waals surface area contributed by atoms with Crippen molar-refractivity contribution in [2.75, 3.05) is 6.26 Å². The summed E-state index contributed by atoms with van der Waals surface area (Å²) in [6, 6.07) is 1.65. The molecule has 0 amide bonds. The number of aromatic nitrogens is 4. The van der Waals surface area contributed by atoms with Crippen LogP contribution >= 0.6 is 0 Å². The lowest BCUT2D eigenvalue weighted by Gasteiger charge is -2.00. The van der Waals surface area contributed by atoms with Crippen LogP contribution in [0.4, 0.5) is 0 Å². The molecule has 2 aromatic heterocycles. The van der Waals surface area contributed by atoms with Gasteiger partial charge in [-0.25, -0.2) is 18.4 Å². The van der Waals surface area contributed by atoms with Gasteiger partial charge in [0, 0.05) is 18.0 Å². The molecule has 0 aromatic carbocycles. The summed E-state index contributed by atoms with van der Waals surface area (Å²) >= 11 is 0. The lowest BCUT2D eigenvalue weighted by Crippen LogP contribution is -2.09. The second-order valence-corrected chi connectivity index (χ2v) is 5.31. The van der Waals surface area contributed by atoms with E-state index in [1.165, 1.54) is 6.20 Å². The highest BCUT2D eigenvalue weighted by Gasteiger charge is 2.13.